The van der Waals surface area contributed by atoms with Crippen LogP contribution in [0.15, 0.2) is 90.1 Å². The molecule has 2 heterocycles. The monoisotopic (exact) mass is 612 g/mol. The van der Waals surface area contributed by atoms with Crippen LogP contribution in [0.25, 0.3) is 11.4 Å². The van der Waals surface area contributed by atoms with E-state index in [1.165, 1.54) is 12.1 Å². The Kier molecular flexibility index (Phi) is 10.4. The van der Waals surface area contributed by atoms with E-state index in [2.05, 4.69) is 25.9 Å². The Morgan fingerprint density at radius 1 is 0.718 bits per heavy atom. The molecular weight excluding hydrogens is 584 g/mol. The first-order valence-electron chi connectivity index (χ1n) is 12.3. The maximum absolute atomic E-state index is 12.3. The van der Waals surface area contributed by atoms with Gasteiger partial charge in [0.15, 0.2) is 11.5 Å². The fraction of sp³-hybridized carbons (Fsp3) is 0.241. The number of benzene rings is 2. The fourth-order valence-electron chi connectivity index (χ4n) is 3.47. The summed E-state index contributed by atoms with van der Waals surface area (Å²) >= 11 is 3.42. The second kappa shape index (κ2) is 14.2. The summed E-state index contributed by atoms with van der Waals surface area (Å²) in [4.78, 5) is 9.03. The standard InChI is InChI=1S/C29H29BrN2O6S/c1-22-6-10-25(11-7-22)39(33,34)38-17-16-37-29-5-3-2-4-28(29)36-15-14-35-21-24-9-13-27(32-20-24)26-12-8-23(18-30)19-31-26/h2-13,19-20H,14-18,21H2,1H3. The van der Waals surface area contributed by atoms with Crippen molar-refractivity contribution in [2.75, 3.05) is 26.4 Å². The van der Waals surface area contributed by atoms with Crippen LogP contribution in [0.5, 0.6) is 11.5 Å². The fourth-order valence-corrected chi connectivity index (χ4v) is 4.70. The van der Waals surface area contributed by atoms with Crippen molar-refractivity contribution in [2.45, 2.75) is 23.8 Å². The minimum absolute atomic E-state index is 0.0428. The van der Waals surface area contributed by atoms with Crippen molar-refractivity contribution < 1.29 is 26.8 Å². The molecule has 39 heavy (non-hydrogen) atoms. The molecule has 0 bridgehead atoms. The molecule has 0 amide bonds. The summed E-state index contributed by atoms with van der Waals surface area (Å²) in [5.74, 6) is 1.03. The van der Waals surface area contributed by atoms with Gasteiger partial charge in [0.1, 0.15) is 19.8 Å². The molecule has 0 aliphatic heterocycles. The predicted molar refractivity (Wildman–Crippen MR) is 152 cm³/mol. The largest absolute Gasteiger partial charge is 0.487 e. The van der Waals surface area contributed by atoms with Gasteiger partial charge < -0.3 is 14.2 Å². The van der Waals surface area contributed by atoms with Crippen molar-refractivity contribution in [2.24, 2.45) is 0 Å². The van der Waals surface area contributed by atoms with Gasteiger partial charge in [0.05, 0.1) is 29.5 Å². The average molecular weight is 614 g/mol. The van der Waals surface area contributed by atoms with Gasteiger partial charge in [0.2, 0.25) is 0 Å². The number of hydrogen-bond acceptors (Lipinski definition) is 8. The highest BCUT2D eigenvalue weighted by Gasteiger charge is 2.15. The summed E-state index contributed by atoms with van der Waals surface area (Å²) < 4.78 is 46.9. The highest BCUT2D eigenvalue weighted by atomic mass is 79.9. The first-order chi connectivity index (χ1) is 18.9. The third kappa shape index (κ3) is 8.59. The van der Waals surface area contributed by atoms with Crippen molar-refractivity contribution >= 4 is 26.0 Å². The van der Waals surface area contributed by atoms with E-state index in [9.17, 15) is 8.42 Å². The first kappa shape index (κ1) is 28.7. The van der Waals surface area contributed by atoms with Crippen LogP contribution in [0.4, 0.5) is 0 Å². The molecule has 0 saturated heterocycles. The van der Waals surface area contributed by atoms with E-state index in [-0.39, 0.29) is 18.1 Å². The van der Waals surface area contributed by atoms with Gasteiger partial charge in [-0.25, -0.2) is 0 Å². The van der Waals surface area contributed by atoms with Crippen LogP contribution in [0.3, 0.4) is 0 Å². The van der Waals surface area contributed by atoms with Gasteiger partial charge in [-0.3, -0.25) is 14.2 Å². The molecule has 2 aromatic carbocycles. The molecular formula is C29H29BrN2O6S. The molecule has 10 heteroatoms. The zero-order valence-corrected chi connectivity index (χ0v) is 23.9. The van der Waals surface area contributed by atoms with Crippen LogP contribution >= 0.6 is 15.9 Å². The SMILES string of the molecule is Cc1ccc(S(=O)(=O)OCCOc2ccccc2OCCOCc2ccc(-c3ccc(CBr)cn3)nc2)cc1. The van der Waals surface area contributed by atoms with Crippen LogP contribution in [-0.4, -0.2) is 44.8 Å². The molecule has 0 unspecified atom stereocenters. The Morgan fingerprint density at radius 3 is 1.87 bits per heavy atom. The molecule has 0 saturated carbocycles. The van der Waals surface area contributed by atoms with Gasteiger partial charge in [-0.15, -0.1) is 0 Å². The maximum Gasteiger partial charge on any atom is 0.297 e. The number of hydrogen-bond donors (Lipinski definition) is 0. The van der Waals surface area contributed by atoms with E-state index in [1.54, 1.807) is 30.5 Å². The van der Waals surface area contributed by atoms with Gasteiger partial charge in [0.25, 0.3) is 10.1 Å². The minimum Gasteiger partial charge on any atom is -0.487 e. The number of pyridine rings is 2. The van der Waals surface area contributed by atoms with Crippen LogP contribution in [-0.2, 0) is 31.0 Å². The van der Waals surface area contributed by atoms with Crippen LogP contribution < -0.4 is 9.47 Å². The van der Waals surface area contributed by atoms with Crippen LogP contribution in [0.1, 0.15) is 16.7 Å². The topological polar surface area (TPSA) is 96.8 Å². The zero-order valence-electron chi connectivity index (χ0n) is 21.5. The minimum atomic E-state index is -3.84. The molecule has 0 spiro atoms. The Hall–Kier alpha value is -3.31. The predicted octanol–water partition coefficient (Wildman–Crippen LogP) is 5.73. The number of nitrogens with zero attached hydrogens (tertiary/aromatic N) is 2. The normalized spacial score (nSPS) is 11.3. The lowest BCUT2D eigenvalue weighted by Crippen LogP contribution is -2.13. The van der Waals surface area contributed by atoms with E-state index in [0.29, 0.717) is 31.3 Å². The van der Waals surface area contributed by atoms with Crippen molar-refractivity contribution in [1.29, 1.82) is 0 Å². The molecule has 0 aliphatic rings. The number of aromatic nitrogens is 2. The molecule has 204 valence electrons. The van der Waals surface area contributed by atoms with Crippen molar-refractivity contribution in [3.63, 3.8) is 0 Å². The third-order valence-electron chi connectivity index (χ3n) is 5.56. The zero-order chi connectivity index (χ0) is 27.5. The lowest BCUT2D eigenvalue weighted by molar-refractivity contribution is 0.0872. The Bertz CT molecular complexity index is 1430. The van der Waals surface area contributed by atoms with Crippen molar-refractivity contribution in [3.8, 4) is 22.9 Å². The lowest BCUT2D eigenvalue weighted by atomic mass is 10.2. The molecule has 8 nitrogen and oxygen atoms in total. The number of para-hydroxylation sites is 2. The van der Waals surface area contributed by atoms with E-state index >= 15 is 0 Å². The summed E-state index contributed by atoms with van der Waals surface area (Å²) in [5, 5.41) is 0.767. The van der Waals surface area contributed by atoms with Gasteiger partial charge in [-0.1, -0.05) is 57.9 Å². The van der Waals surface area contributed by atoms with E-state index in [1.807, 2.05) is 49.5 Å². The third-order valence-corrected chi connectivity index (χ3v) is 7.53. The van der Waals surface area contributed by atoms with Crippen molar-refractivity contribution in [3.05, 3.63) is 102 Å². The summed E-state index contributed by atoms with van der Waals surface area (Å²) in [6.45, 7) is 2.88. The van der Waals surface area contributed by atoms with E-state index in [4.69, 9.17) is 18.4 Å². The summed E-state index contributed by atoms with van der Waals surface area (Å²) in [6, 6.07) is 21.5. The molecule has 2 aromatic heterocycles. The van der Waals surface area contributed by atoms with Crippen LogP contribution in [0.2, 0.25) is 0 Å². The number of aryl methyl sites for hydroxylation is 1. The molecule has 0 atom stereocenters. The van der Waals surface area contributed by atoms with Crippen molar-refractivity contribution in [1.82, 2.24) is 9.97 Å². The molecule has 4 aromatic rings. The van der Waals surface area contributed by atoms with E-state index < -0.39 is 10.1 Å². The van der Waals surface area contributed by atoms with Gasteiger partial charge in [0, 0.05) is 17.7 Å². The summed E-state index contributed by atoms with van der Waals surface area (Å²) in [6.07, 6.45) is 3.61. The number of ether oxygens (including phenoxy) is 3. The highest BCUT2D eigenvalue weighted by molar-refractivity contribution is 9.08. The first-order valence-corrected chi connectivity index (χ1v) is 14.8. The molecule has 4 rings (SSSR count). The summed E-state index contributed by atoms with van der Waals surface area (Å²) in [7, 11) is -3.84. The van der Waals surface area contributed by atoms with E-state index in [0.717, 1.165) is 33.4 Å². The number of halogens is 1. The molecule has 0 aliphatic carbocycles. The van der Waals surface area contributed by atoms with Gasteiger partial charge >= 0.3 is 0 Å². The quantitative estimate of drug-likeness (QED) is 0.101. The maximum atomic E-state index is 12.3. The average Bonchev–Trinajstić information content (AvgIpc) is 2.96. The Balaban J connectivity index is 1.18. The molecule has 0 fully saturated rings. The second-order valence-electron chi connectivity index (χ2n) is 8.52. The van der Waals surface area contributed by atoms with Gasteiger partial charge in [-0.05, 0) is 54.4 Å². The Morgan fingerprint density at radius 2 is 1.31 bits per heavy atom. The summed E-state index contributed by atoms with van der Waals surface area (Å²) in [5.41, 5.74) is 4.65. The van der Waals surface area contributed by atoms with Gasteiger partial charge in [-0.2, -0.15) is 8.42 Å². The number of rotatable bonds is 14. The highest BCUT2D eigenvalue weighted by Crippen LogP contribution is 2.26. The second-order valence-corrected chi connectivity index (χ2v) is 10.7. The van der Waals surface area contributed by atoms with Crippen LogP contribution in [0, 0.1) is 6.92 Å². The molecule has 0 radical (unpaired) electrons. The Labute approximate surface area is 237 Å². The molecule has 0 N–H and O–H groups in total. The smallest absolute Gasteiger partial charge is 0.297 e. The number of alkyl halides is 1. The lowest BCUT2D eigenvalue weighted by Gasteiger charge is -2.13.